The lowest BCUT2D eigenvalue weighted by Gasteiger charge is -2.29. The molecule has 0 saturated carbocycles. The molecule has 11 heteroatoms. The van der Waals surface area contributed by atoms with Gasteiger partial charge in [-0.05, 0) is 56.2 Å². The second-order valence-corrected chi connectivity index (χ2v) is 8.92. The molecule has 3 aliphatic rings. The average molecular weight is 471 g/mol. The molecule has 34 heavy (non-hydrogen) atoms. The lowest BCUT2D eigenvalue weighted by Crippen LogP contribution is -2.40. The first-order chi connectivity index (χ1) is 16.5. The number of carbonyl (C=O) groups is 2. The first kappa shape index (κ1) is 22.5. The van der Waals surface area contributed by atoms with E-state index in [9.17, 15) is 14.0 Å². The van der Waals surface area contributed by atoms with E-state index in [1.54, 1.807) is 0 Å². The van der Waals surface area contributed by atoms with E-state index in [-0.39, 0.29) is 36.6 Å². The Balaban J connectivity index is 1.20. The highest BCUT2D eigenvalue weighted by Gasteiger charge is 2.29. The summed E-state index contributed by atoms with van der Waals surface area (Å²) in [5.74, 6) is 0.529. The second kappa shape index (κ2) is 9.49. The fourth-order valence-electron chi connectivity index (χ4n) is 4.83. The Hall–Kier alpha value is -3.34. The second-order valence-electron chi connectivity index (χ2n) is 8.92. The highest BCUT2D eigenvalue weighted by Crippen LogP contribution is 2.31. The highest BCUT2D eigenvalue weighted by molar-refractivity contribution is 5.94. The molecule has 4 heterocycles. The number of rotatable bonds is 3. The molecule has 2 amide bonds. The van der Waals surface area contributed by atoms with Gasteiger partial charge in [-0.15, -0.1) is 0 Å². The maximum absolute atomic E-state index is 14.2. The maximum Gasteiger partial charge on any atom is 0.415 e. The molecular formula is C23H27FN6O4. The normalized spacial score (nSPS) is 21.2. The minimum absolute atomic E-state index is 0.109. The van der Waals surface area contributed by atoms with Gasteiger partial charge in [0.15, 0.2) is 18.2 Å². The van der Waals surface area contributed by atoms with Gasteiger partial charge >= 0.3 is 6.09 Å². The molecule has 0 bridgehead atoms. The van der Waals surface area contributed by atoms with Crippen LogP contribution in [0.2, 0.25) is 0 Å². The number of nitrogens with zero attached hydrogens (tertiary/aromatic N) is 5. The van der Waals surface area contributed by atoms with E-state index >= 15 is 0 Å². The van der Waals surface area contributed by atoms with E-state index in [4.69, 9.17) is 9.47 Å². The number of anilines is 2. The van der Waals surface area contributed by atoms with Crippen molar-refractivity contribution >= 4 is 23.6 Å². The largest absolute Gasteiger partial charge is 0.465 e. The predicted octanol–water partition coefficient (Wildman–Crippen LogP) is 2.10. The van der Waals surface area contributed by atoms with Crippen LogP contribution in [0.3, 0.4) is 0 Å². The summed E-state index contributed by atoms with van der Waals surface area (Å²) >= 11 is 0. The number of amides is 2. The fraction of sp³-hybridized carbons (Fsp3) is 0.522. The minimum Gasteiger partial charge on any atom is -0.465 e. The number of cyclic esters (lactones) is 1. The van der Waals surface area contributed by atoms with E-state index in [1.807, 2.05) is 6.92 Å². The monoisotopic (exact) mass is 470 g/mol. The number of carbonyl (C=O) groups excluding carboxylic acids is 2. The molecule has 1 saturated heterocycles. The van der Waals surface area contributed by atoms with Crippen LogP contribution in [-0.4, -0.2) is 71.2 Å². The number of aromatic nitrogens is 3. The zero-order valence-electron chi connectivity index (χ0n) is 19.1. The Morgan fingerprint density at radius 2 is 1.91 bits per heavy atom. The van der Waals surface area contributed by atoms with Gasteiger partial charge in [-0.25, -0.2) is 19.2 Å². The van der Waals surface area contributed by atoms with Crippen LogP contribution in [0.25, 0.3) is 0 Å². The van der Waals surface area contributed by atoms with Crippen molar-refractivity contribution in [2.24, 2.45) is 5.92 Å². The summed E-state index contributed by atoms with van der Waals surface area (Å²) in [5, 5.41) is 2.61. The van der Waals surface area contributed by atoms with Crippen molar-refractivity contribution < 1.29 is 23.5 Å². The van der Waals surface area contributed by atoms with Crippen LogP contribution in [-0.2, 0) is 22.4 Å². The molecule has 0 spiro atoms. The van der Waals surface area contributed by atoms with E-state index in [2.05, 4.69) is 25.2 Å². The van der Waals surface area contributed by atoms with Crippen molar-refractivity contribution in [3.63, 3.8) is 0 Å². The van der Waals surface area contributed by atoms with Gasteiger partial charge in [-0.2, -0.15) is 0 Å². The minimum atomic E-state index is -0.504. The number of nitrogens with one attached hydrogen (secondary N) is 1. The van der Waals surface area contributed by atoms with Gasteiger partial charge in [-0.1, -0.05) is 0 Å². The number of halogens is 1. The van der Waals surface area contributed by atoms with Gasteiger partial charge in [-0.3, -0.25) is 19.6 Å². The summed E-state index contributed by atoms with van der Waals surface area (Å²) in [6.45, 7) is 4.77. The van der Waals surface area contributed by atoms with Gasteiger partial charge < -0.3 is 14.8 Å². The number of hydrogen-bond donors (Lipinski definition) is 1. The Labute approximate surface area is 196 Å². The number of fused-ring (bicyclic) bond motifs is 2. The Morgan fingerprint density at radius 3 is 2.76 bits per heavy atom. The van der Waals surface area contributed by atoms with Crippen LogP contribution in [0, 0.1) is 18.7 Å². The standard InChI is InChI=1S/C23H27FN6O4/c1-14-16-8-15(9-17(16)18(24)10-25-14)12-29-4-2-3-5-30(23(32)33-7-6-29)19-11-26-22-21(27-19)28-20(31)13-34-22/h10-11,15H,2-9,12-13H2,1H3,(H,27,28,31). The van der Waals surface area contributed by atoms with E-state index in [1.165, 1.54) is 17.3 Å². The van der Waals surface area contributed by atoms with Crippen LogP contribution in [0.1, 0.15) is 29.7 Å². The molecule has 1 atom stereocenters. The lowest BCUT2D eigenvalue weighted by molar-refractivity contribution is -0.118. The molecule has 2 aliphatic heterocycles. The van der Waals surface area contributed by atoms with Gasteiger partial charge in [0.2, 0.25) is 0 Å². The molecule has 180 valence electrons. The highest BCUT2D eigenvalue weighted by atomic mass is 19.1. The average Bonchev–Trinajstić information content (AvgIpc) is 3.26. The summed E-state index contributed by atoms with van der Waals surface area (Å²) in [6.07, 6.45) is 5.44. The Bertz CT molecular complexity index is 1080. The van der Waals surface area contributed by atoms with Crippen molar-refractivity contribution in [3.05, 3.63) is 35.0 Å². The van der Waals surface area contributed by atoms with Gasteiger partial charge in [0, 0.05) is 25.3 Å². The zero-order valence-corrected chi connectivity index (χ0v) is 19.1. The number of aryl methyl sites for hydroxylation is 1. The summed E-state index contributed by atoms with van der Waals surface area (Å²) in [6, 6.07) is 0. The number of ether oxygens (including phenoxy) is 2. The van der Waals surface area contributed by atoms with E-state index < -0.39 is 6.09 Å². The molecule has 2 aromatic rings. The molecule has 0 aromatic carbocycles. The van der Waals surface area contributed by atoms with Crippen LogP contribution >= 0.6 is 0 Å². The van der Waals surface area contributed by atoms with Gasteiger partial charge in [0.25, 0.3) is 11.8 Å². The van der Waals surface area contributed by atoms with Crippen molar-refractivity contribution in [1.82, 2.24) is 19.9 Å². The molecule has 1 unspecified atom stereocenters. The zero-order chi connectivity index (χ0) is 23.7. The molecular weight excluding hydrogens is 443 g/mol. The smallest absolute Gasteiger partial charge is 0.415 e. The Morgan fingerprint density at radius 1 is 1.09 bits per heavy atom. The summed E-state index contributed by atoms with van der Waals surface area (Å²) < 4.78 is 25.0. The van der Waals surface area contributed by atoms with Crippen LogP contribution < -0.4 is 15.0 Å². The fourth-order valence-corrected chi connectivity index (χ4v) is 4.83. The SMILES string of the molecule is Cc1ncc(F)c2c1CC(CN1CCCCN(c3cnc4c(n3)NC(=O)CO4)C(=O)OCC1)C2. The lowest BCUT2D eigenvalue weighted by atomic mass is 10.1. The molecule has 1 aliphatic carbocycles. The molecule has 0 radical (unpaired) electrons. The molecule has 1 fully saturated rings. The number of hydrogen-bond acceptors (Lipinski definition) is 8. The third-order valence-electron chi connectivity index (χ3n) is 6.52. The topological polar surface area (TPSA) is 110 Å². The van der Waals surface area contributed by atoms with Crippen molar-refractivity contribution in [2.75, 3.05) is 49.6 Å². The van der Waals surface area contributed by atoms with Gasteiger partial charge in [0.1, 0.15) is 12.4 Å². The summed E-state index contributed by atoms with van der Waals surface area (Å²) in [7, 11) is 0. The molecule has 10 nitrogen and oxygen atoms in total. The predicted molar refractivity (Wildman–Crippen MR) is 120 cm³/mol. The van der Waals surface area contributed by atoms with E-state index in [0.717, 1.165) is 49.2 Å². The van der Waals surface area contributed by atoms with Crippen LogP contribution in [0.15, 0.2) is 12.4 Å². The van der Waals surface area contributed by atoms with Crippen molar-refractivity contribution in [2.45, 2.75) is 32.6 Å². The molecule has 5 rings (SSSR count). The summed E-state index contributed by atoms with van der Waals surface area (Å²) in [4.78, 5) is 40.8. The molecule has 1 N–H and O–H groups in total. The quantitative estimate of drug-likeness (QED) is 0.726. The van der Waals surface area contributed by atoms with Crippen LogP contribution in [0.5, 0.6) is 5.88 Å². The van der Waals surface area contributed by atoms with E-state index in [0.29, 0.717) is 31.2 Å². The molecule has 2 aromatic heterocycles. The van der Waals surface area contributed by atoms with Gasteiger partial charge in [0.05, 0.1) is 12.4 Å². The first-order valence-corrected chi connectivity index (χ1v) is 11.6. The van der Waals surface area contributed by atoms with Crippen molar-refractivity contribution in [3.8, 4) is 5.88 Å². The third-order valence-corrected chi connectivity index (χ3v) is 6.52. The van der Waals surface area contributed by atoms with Crippen molar-refractivity contribution in [1.29, 1.82) is 0 Å². The summed E-state index contributed by atoms with van der Waals surface area (Å²) in [5.41, 5.74) is 2.75. The number of pyridine rings is 1. The third kappa shape index (κ3) is 4.65. The Kier molecular flexibility index (Phi) is 6.27. The van der Waals surface area contributed by atoms with Crippen LogP contribution in [0.4, 0.5) is 20.8 Å². The first-order valence-electron chi connectivity index (χ1n) is 11.6. The maximum atomic E-state index is 14.2.